The number of rotatable bonds is 6. The Morgan fingerprint density at radius 1 is 1.00 bits per heavy atom. The molecule has 152 valence electrons. The van der Waals surface area contributed by atoms with Gasteiger partial charge in [0.05, 0.1) is 6.07 Å². The quantitative estimate of drug-likeness (QED) is 0.676. The van der Waals surface area contributed by atoms with Gasteiger partial charge in [-0.05, 0) is 82.0 Å². The fraction of sp³-hybridized carbons (Fsp3) is 0.810. The molecule has 0 aromatic carbocycles. The van der Waals surface area contributed by atoms with Gasteiger partial charge in [0.25, 0.3) is 5.91 Å². The first kappa shape index (κ1) is 19.2. The van der Waals surface area contributed by atoms with Crippen LogP contribution in [-0.2, 0) is 19.1 Å². The van der Waals surface area contributed by atoms with E-state index in [4.69, 9.17) is 4.74 Å². The highest BCUT2D eigenvalue weighted by Crippen LogP contribution is 2.60. The topological polar surface area (TPSA) is 108 Å². The molecule has 2 amide bonds. The van der Waals surface area contributed by atoms with E-state index < -0.39 is 24.0 Å². The van der Waals surface area contributed by atoms with Gasteiger partial charge in [-0.2, -0.15) is 5.26 Å². The van der Waals surface area contributed by atoms with Crippen LogP contribution in [0, 0.1) is 34.5 Å². The van der Waals surface area contributed by atoms with Crippen LogP contribution in [0.2, 0.25) is 0 Å². The first-order valence-corrected chi connectivity index (χ1v) is 10.6. The zero-order chi connectivity index (χ0) is 19.8. The van der Waals surface area contributed by atoms with Crippen molar-refractivity contribution in [2.45, 2.75) is 69.7 Å². The Kier molecular flexibility index (Phi) is 5.07. The number of amides is 2. The lowest BCUT2D eigenvalue weighted by Crippen LogP contribution is -2.54. The second-order valence-electron chi connectivity index (χ2n) is 9.49. The predicted molar refractivity (Wildman–Crippen MR) is 99.5 cm³/mol. The van der Waals surface area contributed by atoms with Crippen molar-refractivity contribution in [3.05, 3.63) is 0 Å². The number of nitrogens with zero attached hydrogens (tertiary/aromatic N) is 1. The van der Waals surface area contributed by atoms with E-state index in [2.05, 4.69) is 16.7 Å². The minimum absolute atomic E-state index is 0.0256. The molecular weight excluding hydrogens is 358 g/mol. The van der Waals surface area contributed by atoms with Crippen LogP contribution >= 0.6 is 0 Å². The highest BCUT2D eigenvalue weighted by Gasteiger charge is 2.54. The van der Waals surface area contributed by atoms with Crippen LogP contribution in [0.4, 0.5) is 0 Å². The first-order chi connectivity index (χ1) is 13.4. The van der Waals surface area contributed by atoms with Gasteiger partial charge in [-0.25, -0.2) is 0 Å². The van der Waals surface area contributed by atoms with E-state index in [0.717, 1.165) is 32.1 Å². The molecule has 5 aliphatic carbocycles. The molecule has 0 aromatic heterocycles. The zero-order valence-electron chi connectivity index (χ0n) is 16.3. The summed E-state index contributed by atoms with van der Waals surface area (Å²) in [7, 11) is 0. The Bertz CT molecular complexity index is 670. The zero-order valence-corrected chi connectivity index (χ0v) is 16.3. The number of esters is 1. The smallest absolute Gasteiger partial charge is 0.325 e. The van der Waals surface area contributed by atoms with Gasteiger partial charge < -0.3 is 15.4 Å². The Labute approximate surface area is 165 Å². The number of nitriles is 1. The molecule has 0 heterocycles. The molecule has 5 fully saturated rings. The lowest BCUT2D eigenvalue weighted by molar-refractivity contribution is -0.152. The Balaban J connectivity index is 1.21. The molecule has 0 radical (unpaired) electrons. The maximum absolute atomic E-state index is 12.8. The summed E-state index contributed by atoms with van der Waals surface area (Å²) < 4.78 is 5.00. The third kappa shape index (κ3) is 3.74. The number of hydrogen-bond donors (Lipinski definition) is 2. The van der Waals surface area contributed by atoms with Crippen molar-refractivity contribution in [3.63, 3.8) is 0 Å². The van der Waals surface area contributed by atoms with Crippen molar-refractivity contribution in [1.82, 2.24) is 10.6 Å². The molecule has 5 aliphatic rings. The average molecular weight is 387 g/mol. The van der Waals surface area contributed by atoms with Crippen LogP contribution in [0.1, 0.15) is 64.2 Å². The van der Waals surface area contributed by atoms with E-state index in [0.29, 0.717) is 30.6 Å². The third-order valence-corrected chi connectivity index (χ3v) is 7.33. The molecule has 5 saturated carbocycles. The molecule has 0 aromatic rings. The molecule has 7 nitrogen and oxygen atoms in total. The van der Waals surface area contributed by atoms with Crippen molar-refractivity contribution < 1.29 is 19.1 Å². The fourth-order valence-corrected chi connectivity index (χ4v) is 6.47. The van der Waals surface area contributed by atoms with Gasteiger partial charge in [-0.3, -0.25) is 14.4 Å². The van der Waals surface area contributed by atoms with E-state index in [1.54, 1.807) is 0 Å². The second-order valence-corrected chi connectivity index (χ2v) is 9.49. The summed E-state index contributed by atoms with van der Waals surface area (Å²) in [5.74, 6) is 0.874. The van der Waals surface area contributed by atoms with Crippen LogP contribution in [0.3, 0.4) is 0 Å². The van der Waals surface area contributed by atoms with Crippen molar-refractivity contribution >= 4 is 17.8 Å². The van der Waals surface area contributed by atoms with Gasteiger partial charge in [0.15, 0.2) is 6.61 Å². The van der Waals surface area contributed by atoms with E-state index >= 15 is 0 Å². The average Bonchev–Trinajstić information content (AvgIpc) is 3.12. The Morgan fingerprint density at radius 3 is 2.11 bits per heavy atom. The molecule has 2 N–H and O–H groups in total. The van der Waals surface area contributed by atoms with Crippen molar-refractivity contribution in [3.8, 4) is 6.07 Å². The van der Waals surface area contributed by atoms with Crippen LogP contribution in [-0.4, -0.2) is 36.5 Å². The molecule has 5 rings (SSSR count). The lowest BCUT2D eigenvalue weighted by Gasteiger charge is -2.55. The molecule has 0 atom stereocenters. The minimum Gasteiger partial charge on any atom is -0.454 e. The van der Waals surface area contributed by atoms with Crippen LogP contribution < -0.4 is 10.6 Å². The molecule has 7 heteroatoms. The summed E-state index contributed by atoms with van der Waals surface area (Å²) in [5, 5.41) is 14.7. The molecule has 0 aliphatic heterocycles. The number of carbonyl (C=O) groups is 3. The Hall–Kier alpha value is -2.10. The van der Waals surface area contributed by atoms with Crippen molar-refractivity contribution in [1.29, 1.82) is 5.26 Å². The van der Waals surface area contributed by atoms with Crippen molar-refractivity contribution in [2.75, 3.05) is 13.2 Å². The molecule has 0 unspecified atom stereocenters. The maximum Gasteiger partial charge on any atom is 0.325 e. The van der Waals surface area contributed by atoms with E-state index in [-0.39, 0.29) is 17.9 Å². The Morgan fingerprint density at radius 2 is 1.57 bits per heavy atom. The van der Waals surface area contributed by atoms with Crippen LogP contribution in [0.15, 0.2) is 0 Å². The van der Waals surface area contributed by atoms with Gasteiger partial charge in [0, 0.05) is 5.41 Å². The molecular formula is C21H29N3O4. The molecule has 4 bridgehead atoms. The predicted octanol–water partition coefficient (Wildman–Crippen LogP) is 1.81. The van der Waals surface area contributed by atoms with E-state index in [1.165, 1.54) is 19.3 Å². The summed E-state index contributed by atoms with van der Waals surface area (Å²) in [6.45, 7) is -0.632. The van der Waals surface area contributed by atoms with E-state index in [9.17, 15) is 19.6 Å². The molecule has 0 saturated heterocycles. The van der Waals surface area contributed by atoms with Gasteiger partial charge in [0.2, 0.25) is 5.91 Å². The monoisotopic (exact) mass is 387 g/mol. The normalized spacial score (nSPS) is 34.5. The van der Waals surface area contributed by atoms with Crippen molar-refractivity contribution in [2.24, 2.45) is 23.2 Å². The highest BCUT2D eigenvalue weighted by molar-refractivity contribution is 5.87. The van der Waals surface area contributed by atoms with Crippen LogP contribution in [0.25, 0.3) is 0 Å². The largest absolute Gasteiger partial charge is 0.454 e. The van der Waals surface area contributed by atoms with E-state index in [1.807, 2.05) is 0 Å². The summed E-state index contributed by atoms with van der Waals surface area (Å²) in [5.41, 5.74) is -1.12. The summed E-state index contributed by atoms with van der Waals surface area (Å²) in [4.78, 5) is 36.8. The first-order valence-electron chi connectivity index (χ1n) is 10.6. The van der Waals surface area contributed by atoms with Crippen LogP contribution in [0.5, 0.6) is 0 Å². The molecule has 28 heavy (non-hydrogen) atoms. The van der Waals surface area contributed by atoms with Gasteiger partial charge in [-0.1, -0.05) is 0 Å². The highest BCUT2D eigenvalue weighted by atomic mass is 16.5. The number of nitrogens with one attached hydrogen (secondary N) is 2. The summed E-state index contributed by atoms with van der Waals surface area (Å²) in [6, 6.07) is 2.17. The third-order valence-electron chi connectivity index (χ3n) is 7.33. The molecule has 0 spiro atoms. The SMILES string of the molecule is N#CC1(NC(=O)COC(=O)CNC(=O)C23CC4CC(CC(C4)C2)C3)CCCC1. The number of ether oxygens (including phenoxy) is 1. The lowest BCUT2D eigenvalue weighted by atomic mass is 9.49. The van der Waals surface area contributed by atoms with Gasteiger partial charge in [-0.15, -0.1) is 0 Å². The maximum atomic E-state index is 12.8. The number of carbonyl (C=O) groups excluding carboxylic acids is 3. The number of hydrogen-bond acceptors (Lipinski definition) is 5. The summed E-state index contributed by atoms with van der Waals surface area (Å²) >= 11 is 0. The minimum atomic E-state index is -0.823. The fourth-order valence-electron chi connectivity index (χ4n) is 6.47. The second kappa shape index (κ2) is 7.38. The summed E-state index contributed by atoms with van der Waals surface area (Å²) in [6.07, 6.45) is 9.67. The van der Waals surface area contributed by atoms with Gasteiger partial charge >= 0.3 is 5.97 Å². The van der Waals surface area contributed by atoms with Gasteiger partial charge in [0.1, 0.15) is 12.1 Å². The standard InChI is InChI=1S/C21H29N3O4/c22-13-21(3-1-2-4-21)24-17(25)12-28-18(26)11-23-19(27)20-8-14-5-15(9-20)7-16(6-14)10-20/h14-16H,1-12H2,(H,23,27)(H,24,25).